The molecule has 2 heterocycles. The summed E-state index contributed by atoms with van der Waals surface area (Å²) in [4.78, 5) is 32.0. The number of halogens is 1. The number of ether oxygens (including phenoxy) is 2. The van der Waals surface area contributed by atoms with Crippen molar-refractivity contribution in [3.8, 4) is 5.75 Å². The lowest BCUT2D eigenvalue weighted by Crippen LogP contribution is -2.39. The van der Waals surface area contributed by atoms with Crippen LogP contribution < -0.4 is 19.6 Å². The standard InChI is InChI=1S/C30H25ClN2O4S/c1-3-36-29(35)26-19(2)32-30-33(27(26)20-11-5-4-6-12-20)28(34)25(38-30)17-21-13-8-10-16-24(21)37-18-22-14-7-9-15-23(22)31/h4-17,27H,3,18H2,1-2H3. The van der Waals surface area contributed by atoms with Crippen LogP contribution in [0.3, 0.4) is 0 Å². The van der Waals surface area contributed by atoms with Crippen molar-refractivity contribution < 1.29 is 14.3 Å². The minimum atomic E-state index is -0.639. The highest BCUT2D eigenvalue weighted by Crippen LogP contribution is 2.30. The summed E-state index contributed by atoms with van der Waals surface area (Å²) < 4.78 is 13.5. The van der Waals surface area contributed by atoms with Crippen LogP contribution in [0.2, 0.25) is 5.02 Å². The van der Waals surface area contributed by atoms with Gasteiger partial charge in [-0.1, -0.05) is 89.7 Å². The first kappa shape index (κ1) is 25.7. The number of allylic oxidation sites excluding steroid dienone is 1. The fourth-order valence-corrected chi connectivity index (χ4v) is 5.61. The molecule has 0 saturated carbocycles. The van der Waals surface area contributed by atoms with Gasteiger partial charge in [-0.2, -0.15) is 0 Å². The molecule has 38 heavy (non-hydrogen) atoms. The van der Waals surface area contributed by atoms with Crippen molar-refractivity contribution in [3.63, 3.8) is 0 Å². The SMILES string of the molecule is CCOC(=O)C1=C(C)N=c2sc(=Cc3ccccc3OCc3ccccc3Cl)c(=O)n2C1c1ccccc1. The van der Waals surface area contributed by atoms with Crippen LogP contribution in [0, 0.1) is 0 Å². The molecule has 0 spiro atoms. The molecule has 5 rings (SSSR count). The Labute approximate surface area is 228 Å². The summed E-state index contributed by atoms with van der Waals surface area (Å²) in [5.74, 6) is 0.149. The summed E-state index contributed by atoms with van der Waals surface area (Å²) in [7, 11) is 0. The highest BCUT2D eigenvalue weighted by atomic mass is 35.5. The molecule has 1 aromatic heterocycles. The molecule has 6 nitrogen and oxygen atoms in total. The molecule has 4 aromatic rings. The molecule has 1 unspecified atom stereocenters. The number of hydrogen-bond acceptors (Lipinski definition) is 6. The van der Waals surface area contributed by atoms with Crippen molar-refractivity contribution in [2.24, 2.45) is 4.99 Å². The average Bonchev–Trinajstić information content (AvgIpc) is 3.22. The highest BCUT2D eigenvalue weighted by molar-refractivity contribution is 7.07. The van der Waals surface area contributed by atoms with Crippen LogP contribution in [-0.4, -0.2) is 17.1 Å². The second-order valence-corrected chi connectivity index (χ2v) is 10.0. The number of carbonyl (C=O) groups is 1. The van der Waals surface area contributed by atoms with Gasteiger partial charge in [-0.25, -0.2) is 9.79 Å². The van der Waals surface area contributed by atoms with Gasteiger partial charge in [-0.05, 0) is 37.6 Å². The van der Waals surface area contributed by atoms with E-state index in [2.05, 4.69) is 4.99 Å². The number of rotatable bonds is 7. The topological polar surface area (TPSA) is 69.9 Å². The van der Waals surface area contributed by atoms with E-state index >= 15 is 0 Å². The van der Waals surface area contributed by atoms with Crippen molar-refractivity contribution in [2.45, 2.75) is 26.5 Å². The number of para-hydroxylation sites is 1. The molecule has 0 N–H and O–H groups in total. The lowest BCUT2D eigenvalue weighted by Gasteiger charge is -2.24. The number of fused-ring (bicyclic) bond motifs is 1. The molecule has 192 valence electrons. The number of nitrogens with zero attached hydrogens (tertiary/aromatic N) is 2. The molecule has 0 saturated heterocycles. The largest absolute Gasteiger partial charge is 0.488 e. The third kappa shape index (κ3) is 5.08. The number of thiazole rings is 1. The van der Waals surface area contributed by atoms with Gasteiger partial charge in [0.15, 0.2) is 4.80 Å². The maximum atomic E-state index is 13.8. The summed E-state index contributed by atoms with van der Waals surface area (Å²) in [6.45, 7) is 4.05. The second kappa shape index (κ2) is 11.2. The number of carbonyl (C=O) groups excluding carboxylic acids is 1. The van der Waals surface area contributed by atoms with E-state index in [9.17, 15) is 9.59 Å². The fourth-order valence-electron chi connectivity index (χ4n) is 4.39. The summed E-state index contributed by atoms with van der Waals surface area (Å²) in [6.07, 6.45) is 1.80. The monoisotopic (exact) mass is 544 g/mol. The normalized spacial score (nSPS) is 15.1. The molecular formula is C30H25ClN2O4S. The Morgan fingerprint density at radius 1 is 1.05 bits per heavy atom. The van der Waals surface area contributed by atoms with Gasteiger partial charge >= 0.3 is 5.97 Å². The van der Waals surface area contributed by atoms with Crippen molar-refractivity contribution in [2.75, 3.05) is 6.61 Å². The second-order valence-electron chi connectivity index (χ2n) is 8.63. The lowest BCUT2D eigenvalue weighted by atomic mass is 9.96. The van der Waals surface area contributed by atoms with Gasteiger partial charge in [-0.3, -0.25) is 9.36 Å². The Morgan fingerprint density at radius 2 is 1.76 bits per heavy atom. The summed E-state index contributed by atoms with van der Waals surface area (Å²) in [5, 5.41) is 0.631. The molecule has 1 aliphatic heterocycles. The summed E-state index contributed by atoms with van der Waals surface area (Å²) >= 11 is 7.57. The Kier molecular flexibility index (Phi) is 7.58. The minimum Gasteiger partial charge on any atom is -0.488 e. The maximum Gasteiger partial charge on any atom is 0.338 e. The van der Waals surface area contributed by atoms with E-state index in [0.29, 0.717) is 38.0 Å². The molecule has 0 fully saturated rings. The van der Waals surface area contributed by atoms with E-state index in [1.165, 1.54) is 11.3 Å². The van der Waals surface area contributed by atoms with Gasteiger partial charge in [-0.15, -0.1) is 0 Å². The third-order valence-corrected chi connectivity index (χ3v) is 7.53. The van der Waals surface area contributed by atoms with Crippen molar-refractivity contribution in [1.29, 1.82) is 0 Å². The maximum absolute atomic E-state index is 13.8. The zero-order valence-electron chi connectivity index (χ0n) is 20.9. The van der Waals surface area contributed by atoms with E-state index in [1.54, 1.807) is 24.5 Å². The number of esters is 1. The zero-order chi connectivity index (χ0) is 26.6. The van der Waals surface area contributed by atoms with E-state index in [4.69, 9.17) is 21.1 Å². The first-order chi connectivity index (χ1) is 18.5. The van der Waals surface area contributed by atoms with E-state index < -0.39 is 12.0 Å². The van der Waals surface area contributed by atoms with Gasteiger partial charge in [0, 0.05) is 16.1 Å². The predicted molar refractivity (Wildman–Crippen MR) is 149 cm³/mol. The van der Waals surface area contributed by atoms with Crippen LogP contribution in [0.5, 0.6) is 5.75 Å². The highest BCUT2D eigenvalue weighted by Gasteiger charge is 2.33. The van der Waals surface area contributed by atoms with Gasteiger partial charge in [0.25, 0.3) is 5.56 Å². The average molecular weight is 545 g/mol. The van der Waals surface area contributed by atoms with E-state index in [-0.39, 0.29) is 12.2 Å². The molecule has 0 bridgehead atoms. The Balaban J connectivity index is 1.59. The Hall–Kier alpha value is -3.94. The smallest absolute Gasteiger partial charge is 0.338 e. The first-order valence-corrected chi connectivity index (χ1v) is 13.4. The van der Waals surface area contributed by atoms with E-state index in [0.717, 1.165) is 16.7 Å². The van der Waals surface area contributed by atoms with Crippen molar-refractivity contribution in [3.05, 3.63) is 132 Å². The van der Waals surface area contributed by atoms with Crippen LogP contribution in [0.4, 0.5) is 0 Å². The molecule has 0 radical (unpaired) electrons. The predicted octanol–water partition coefficient (Wildman–Crippen LogP) is 5.03. The van der Waals surface area contributed by atoms with Crippen LogP contribution in [0.25, 0.3) is 6.08 Å². The number of hydrogen-bond donors (Lipinski definition) is 0. The minimum absolute atomic E-state index is 0.229. The quantitative estimate of drug-likeness (QED) is 0.306. The summed E-state index contributed by atoms with van der Waals surface area (Å²) in [5.41, 5.74) is 3.09. The van der Waals surface area contributed by atoms with Gasteiger partial charge in [0.2, 0.25) is 0 Å². The number of aromatic nitrogens is 1. The Bertz CT molecular complexity index is 1710. The van der Waals surface area contributed by atoms with Crippen LogP contribution >= 0.6 is 22.9 Å². The van der Waals surface area contributed by atoms with Crippen molar-refractivity contribution in [1.82, 2.24) is 4.57 Å². The van der Waals surface area contributed by atoms with Gasteiger partial charge in [0.1, 0.15) is 12.4 Å². The molecule has 0 amide bonds. The Morgan fingerprint density at radius 3 is 2.53 bits per heavy atom. The zero-order valence-corrected chi connectivity index (χ0v) is 22.5. The fraction of sp³-hybridized carbons (Fsp3) is 0.167. The molecule has 8 heteroatoms. The molecule has 1 aliphatic rings. The van der Waals surface area contributed by atoms with E-state index in [1.807, 2.05) is 78.9 Å². The first-order valence-electron chi connectivity index (χ1n) is 12.2. The molecule has 3 aromatic carbocycles. The van der Waals surface area contributed by atoms with Crippen LogP contribution in [0.15, 0.2) is 99.9 Å². The molecule has 1 atom stereocenters. The van der Waals surface area contributed by atoms with Crippen LogP contribution in [-0.2, 0) is 16.1 Å². The summed E-state index contributed by atoms with van der Waals surface area (Å²) in [6, 6.07) is 23.9. The van der Waals surface area contributed by atoms with Gasteiger partial charge in [0.05, 0.1) is 28.5 Å². The van der Waals surface area contributed by atoms with Gasteiger partial charge < -0.3 is 9.47 Å². The number of benzene rings is 3. The molecular weight excluding hydrogens is 520 g/mol. The third-order valence-electron chi connectivity index (χ3n) is 6.18. The molecule has 0 aliphatic carbocycles. The lowest BCUT2D eigenvalue weighted by molar-refractivity contribution is -0.139. The van der Waals surface area contributed by atoms with Crippen molar-refractivity contribution >= 4 is 35.0 Å². The van der Waals surface area contributed by atoms with Crippen LogP contribution in [0.1, 0.15) is 36.6 Å².